The molecule has 0 atom stereocenters. The van der Waals surface area contributed by atoms with E-state index in [0.717, 1.165) is 10.6 Å². The van der Waals surface area contributed by atoms with Gasteiger partial charge < -0.3 is 13.8 Å². The third kappa shape index (κ3) is 2.01. The van der Waals surface area contributed by atoms with Gasteiger partial charge in [0, 0.05) is 23.5 Å². The normalized spacial score (nSPS) is 21.7. The number of pyridine rings is 2. The molecule has 9 heteroatoms. The number of fused-ring (bicyclic) bond motifs is 5. The summed E-state index contributed by atoms with van der Waals surface area (Å²) < 4.78 is 55.0. The Morgan fingerprint density at radius 3 is 2.23 bits per heavy atom. The largest absolute Gasteiger partial charge is 0.521 e. The molecule has 5 nitrogen and oxygen atoms in total. The van der Waals surface area contributed by atoms with Crippen molar-refractivity contribution < 1.29 is 27.0 Å². The van der Waals surface area contributed by atoms with Gasteiger partial charge >= 0.3 is 18.4 Å². The predicted molar refractivity (Wildman–Crippen MR) is 88.4 cm³/mol. The van der Waals surface area contributed by atoms with E-state index >= 15 is 0 Å². The summed E-state index contributed by atoms with van der Waals surface area (Å²) in [6.07, 6.45) is -3.08. The SMILES string of the molecule is CC1(C)O[B-]2(OC1(C)C)c1ccc(C(F)(F)F)c(=O)n1-c1cccc[n+]12. The molecule has 0 N–H and O–H groups in total. The van der Waals surface area contributed by atoms with Gasteiger partial charge in [-0.15, -0.1) is 0 Å². The van der Waals surface area contributed by atoms with Gasteiger partial charge in [-0.25, -0.2) is 4.79 Å². The number of hydrogen-bond donors (Lipinski definition) is 0. The zero-order valence-electron chi connectivity index (χ0n) is 14.8. The fourth-order valence-electron chi connectivity index (χ4n) is 3.70. The number of hydrogen-bond acceptors (Lipinski definition) is 3. The zero-order valence-corrected chi connectivity index (χ0v) is 14.8. The van der Waals surface area contributed by atoms with Crippen molar-refractivity contribution in [2.45, 2.75) is 45.1 Å². The van der Waals surface area contributed by atoms with Crippen LogP contribution in [0.25, 0.3) is 5.82 Å². The molecule has 2 aromatic rings. The van der Waals surface area contributed by atoms with E-state index in [4.69, 9.17) is 9.31 Å². The van der Waals surface area contributed by atoms with Crippen LogP contribution >= 0.6 is 0 Å². The molecule has 0 bridgehead atoms. The summed E-state index contributed by atoms with van der Waals surface area (Å²) in [6.45, 7) is 5.08. The van der Waals surface area contributed by atoms with Crippen molar-refractivity contribution in [3.63, 3.8) is 0 Å². The maximum atomic E-state index is 13.2. The fraction of sp³-hybridized carbons (Fsp3) is 0.412. The first-order valence-electron chi connectivity index (χ1n) is 8.30. The van der Waals surface area contributed by atoms with Gasteiger partial charge in [0.25, 0.3) is 0 Å². The van der Waals surface area contributed by atoms with Gasteiger partial charge in [-0.1, -0.05) is 6.07 Å². The van der Waals surface area contributed by atoms with Gasteiger partial charge in [0.2, 0.25) is 5.82 Å². The van der Waals surface area contributed by atoms with Crippen molar-refractivity contribution in [2.75, 3.05) is 0 Å². The number of rotatable bonds is 0. The summed E-state index contributed by atoms with van der Waals surface area (Å²) in [4.78, 5) is 12.7. The molecule has 0 saturated carbocycles. The quantitative estimate of drug-likeness (QED) is 0.668. The lowest BCUT2D eigenvalue weighted by molar-refractivity contribution is -0.560. The maximum Gasteiger partial charge on any atom is 0.521 e. The molecule has 138 valence electrons. The third-order valence-corrected chi connectivity index (χ3v) is 5.61. The minimum absolute atomic E-state index is 0.271. The zero-order chi connectivity index (χ0) is 19.1. The summed E-state index contributed by atoms with van der Waals surface area (Å²) in [5.41, 5.74) is -3.53. The summed E-state index contributed by atoms with van der Waals surface area (Å²) in [5.74, 6) is 0.284. The molecule has 0 unspecified atom stereocenters. The second-order valence-electron chi connectivity index (χ2n) is 7.70. The van der Waals surface area contributed by atoms with Crippen LogP contribution in [0.4, 0.5) is 13.2 Å². The molecule has 0 amide bonds. The standard InChI is InChI=1S/C17H18BF3N2O3/c1-15(2)16(3,4)26-18(25-15)12-9-8-11(17(19,20)21)14(24)23(12)13-7-5-6-10-22(13)18/h5-10H,1-4H3. The van der Waals surface area contributed by atoms with Crippen molar-refractivity contribution in [2.24, 2.45) is 0 Å². The molecule has 4 rings (SSSR count). The van der Waals surface area contributed by atoms with Gasteiger partial charge in [-0.3, -0.25) is 0 Å². The van der Waals surface area contributed by atoms with Gasteiger partial charge in [-0.05, 0) is 45.9 Å². The topological polar surface area (TPSA) is 44.3 Å². The average molecular weight is 366 g/mol. The van der Waals surface area contributed by atoms with Crippen LogP contribution in [0.2, 0.25) is 0 Å². The summed E-state index contributed by atoms with van der Waals surface area (Å²) in [6, 6.07) is 7.03. The van der Waals surface area contributed by atoms with Gasteiger partial charge in [0.15, 0.2) is 0 Å². The lowest BCUT2D eigenvalue weighted by atomic mass is 9.67. The molecule has 1 spiro atoms. The van der Waals surface area contributed by atoms with Crippen molar-refractivity contribution in [1.82, 2.24) is 4.57 Å². The summed E-state index contributed by atoms with van der Waals surface area (Å²) >= 11 is 0. The number of nitrogens with zero attached hydrogens (tertiary/aromatic N) is 2. The first-order valence-corrected chi connectivity index (χ1v) is 8.30. The number of alkyl halides is 3. The van der Waals surface area contributed by atoms with E-state index in [-0.39, 0.29) is 11.4 Å². The highest BCUT2D eigenvalue weighted by atomic mass is 19.4. The molecular weight excluding hydrogens is 348 g/mol. The van der Waals surface area contributed by atoms with E-state index in [1.807, 2.05) is 27.7 Å². The van der Waals surface area contributed by atoms with Crippen LogP contribution in [0.15, 0.2) is 41.3 Å². The molecule has 0 aliphatic carbocycles. The molecule has 1 saturated heterocycles. The minimum Gasteiger partial charge on any atom is -0.516 e. The molecule has 26 heavy (non-hydrogen) atoms. The first-order chi connectivity index (χ1) is 11.9. The molecule has 2 aliphatic rings. The van der Waals surface area contributed by atoms with Crippen molar-refractivity contribution >= 4 is 12.3 Å². The monoisotopic (exact) mass is 366 g/mol. The molecule has 0 aromatic carbocycles. The Labute approximate surface area is 148 Å². The van der Waals surface area contributed by atoms with Crippen molar-refractivity contribution in [3.8, 4) is 5.82 Å². The molecule has 2 aliphatic heterocycles. The van der Waals surface area contributed by atoms with E-state index in [0.29, 0.717) is 0 Å². The van der Waals surface area contributed by atoms with Crippen LogP contribution in [0.5, 0.6) is 0 Å². The lowest BCUT2D eigenvalue weighted by Gasteiger charge is -2.36. The minimum atomic E-state index is -4.74. The van der Waals surface area contributed by atoms with E-state index in [1.165, 1.54) is 6.07 Å². The van der Waals surface area contributed by atoms with Crippen molar-refractivity contribution in [3.05, 3.63) is 52.4 Å². The molecule has 1 fully saturated rings. The summed E-state index contributed by atoms with van der Waals surface area (Å²) in [7, 11) is 0. The van der Waals surface area contributed by atoms with Gasteiger partial charge in [0.05, 0.1) is 5.59 Å². The van der Waals surface area contributed by atoms with Gasteiger partial charge in [0.1, 0.15) is 5.56 Å². The Balaban J connectivity index is 2.07. The van der Waals surface area contributed by atoms with Crippen LogP contribution < -0.4 is 15.6 Å². The highest BCUT2D eigenvalue weighted by molar-refractivity contribution is 6.74. The Morgan fingerprint density at radius 2 is 1.65 bits per heavy atom. The lowest BCUT2D eigenvalue weighted by Crippen LogP contribution is -2.71. The average Bonchev–Trinajstić information content (AvgIpc) is 2.87. The van der Waals surface area contributed by atoms with Crippen LogP contribution in [-0.2, 0) is 15.5 Å². The Kier molecular flexibility index (Phi) is 3.18. The van der Waals surface area contributed by atoms with Crippen LogP contribution in [0, 0.1) is 0 Å². The Morgan fingerprint density at radius 1 is 1.04 bits per heavy atom. The second-order valence-corrected chi connectivity index (χ2v) is 7.70. The third-order valence-electron chi connectivity index (χ3n) is 5.61. The number of halogens is 3. The smallest absolute Gasteiger partial charge is 0.516 e. The highest BCUT2D eigenvalue weighted by Crippen LogP contribution is 2.41. The maximum absolute atomic E-state index is 13.2. The summed E-state index contributed by atoms with van der Waals surface area (Å²) in [5, 5.41) is 0. The second kappa shape index (κ2) is 4.78. The van der Waals surface area contributed by atoms with Gasteiger partial charge in [-0.2, -0.15) is 17.7 Å². The molecule has 2 aromatic heterocycles. The molecule has 4 heterocycles. The molecule has 0 radical (unpaired) electrons. The van der Waals surface area contributed by atoms with Crippen LogP contribution in [0.3, 0.4) is 0 Å². The molecular formula is C17H18BF3N2O3. The van der Waals surface area contributed by atoms with Crippen molar-refractivity contribution in [1.29, 1.82) is 0 Å². The first kappa shape index (κ1) is 17.3. The van der Waals surface area contributed by atoms with Crippen LogP contribution in [-0.4, -0.2) is 22.5 Å². The predicted octanol–water partition coefficient (Wildman–Crippen LogP) is 1.76. The Hall–Kier alpha value is -2.13. The van der Waals surface area contributed by atoms with E-state index < -0.39 is 35.2 Å². The Bertz CT molecular complexity index is 966. The highest BCUT2D eigenvalue weighted by Gasteiger charge is 2.63. The van der Waals surface area contributed by atoms with E-state index in [2.05, 4.69) is 0 Å². The van der Waals surface area contributed by atoms with E-state index in [1.54, 1.807) is 28.9 Å². The van der Waals surface area contributed by atoms with Crippen LogP contribution in [0.1, 0.15) is 33.3 Å². The fourth-order valence-corrected chi connectivity index (χ4v) is 3.70. The number of aromatic nitrogens is 2. The van der Waals surface area contributed by atoms with E-state index in [9.17, 15) is 18.0 Å².